The number of hydrogen-bond donors (Lipinski definition) is 1. The lowest BCUT2D eigenvalue weighted by Crippen LogP contribution is -2.44. The van der Waals surface area contributed by atoms with Gasteiger partial charge in [0.15, 0.2) is 11.5 Å². The standard InChI is InChI=1S/C24H25FN4O5/c1-32-19-9-8-16(12-20(19)33-2)23(31)26-13-21(30)29-10-4-6-17(14-29)24-27-22(28-34-24)15-5-3-7-18(25)11-15/h3,5,7-9,11-12,17H,4,6,10,13-14H2,1-2H3,(H,26,31). The number of likely N-dealkylation sites (tertiary alicyclic amines) is 1. The maximum absolute atomic E-state index is 13.5. The molecular formula is C24H25FN4O5. The van der Waals surface area contributed by atoms with E-state index in [4.69, 9.17) is 14.0 Å². The average molecular weight is 468 g/mol. The zero-order valence-corrected chi connectivity index (χ0v) is 18.9. The third kappa shape index (κ3) is 5.16. The van der Waals surface area contributed by atoms with E-state index < -0.39 is 0 Å². The van der Waals surface area contributed by atoms with Gasteiger partial charge in [0.2, 0.25) is 17.6 Å². The molecule has 4 rings (SSSR count). The number of ether oxygens (including phenoxy) is 2. The van der Waals surface area contributed by atoms with Crippen LogP contribution in [0.2, 0.25) is 0 Å². The molecule has 0 saturated carbocycles. The summed E-state index contributed by atoms with van der Waals surface area (Å²) in [5.74, 6) is 0.546. The lowest BCUT2D eigenvalue weighted by atomic mass is 9.98. The highest BCUT2D eigenvalue weighted by Gasteiger charge is 2.29. The molecule has 1 atom stereocenters. The Balaban J connectivity index is 1.35. The van der Waals surface area contributed by atoms with Gasteiger partial charge in [-0.3, -0.25) is 9.59 Å². The van der Waals surface area contributed by atoms with E-state index >= 15 is 0 Å². The molecule has 10 heteroatoms. The second kappa shape index (κ2) is 10.3. The van der Waals surface area contributed by atoms with Crippen LogP contribution < -0.4 is 14.8 Å². The lowest BCUT2D eigenvalue weighted by Gasteiger charge is -2.31. The number of carbonyl (C=O) groups is 2. The molecule has 2 aromatic carbocycles. The Hall–Kier alpha value is -3.95. The van der Waals surface area contributed by atoms with Gasteiger partial charge in [-0.2, -0.15) is 4.98 Å². The van der Waals surface area contributed by atoms with Gasteiger partial charge in [0.05, 0.1) is 26.7 Å². The summed E-state index contributed by atoms with van der Waals surface area (Å²) in [6, 6.07) is 10.8. The molecular weight excluding hydrogens is 443 g/mol. The number of halogens is 1. The first-order valence-corrected chi connectivity index (χ1v) is 10.9. The molecule has 1 fully saturated rings. The van der Waals surface area contributed by atoms with E-state index in [-0.39, 0.29) is 30.1 Å². The van der Waals surface area contributed by atoms with Crippen LogP contribution in [0.25, 0.3) is 11.4 Å². The zero-order chi connectivity index (χ0) is 24.1. The van der Waals surface area contributed by atoms with Crippen molar-refractivity contribution in [2.45, 2.75) is 18.8 Å². The minimum absolute atomic E-state index is 0.130. The maximum atomic E-state index is 13.5. The molecule has 9 nitrogen and oxygen atoms in total. The topological polar surface area (TPSA) is 107 Å². The number of aromatic nitrogens is 2. The second-order valence-corrected chi connectivity index (χ2v) is 7.90. The fourth-order valence-corrected chi connectivity index (χ4v) is 3.90. The highest BCUT2D eigenvalue weighted by Crippen LogP contribution is 2.29. The van der Waals surface area contributed by atoms with Crippen molar-refractivity contribution in [2.75, 3.05) is 33.9 Å². The van der Waals surface area contributed by atoms with Crippen molar-refractivity contribution in [3.8, 4) is 22.9 Å². The molecule has 1 aromatic heterocycles. The van der Waals surface area contributed by atoms with Gasteiger partial charge in [0, 0.05) is 24.2 Å². The Morgan fingerprint density at radius 2 is 2.00 bits per heavy atom. The number of rotatable bonds is 7. The van der Waals surface area contributed by atoms with Crippen LogP contribution in [-0.2, 0) is 4.79 Å². The first kappa shape index (κ1) is 23.2. The summed E-state index contributed by atoms with van der Waals surface area (Å²) in [5, 5.41) is 6.62. The van der Waals surface area contributed by atoms with Crippen molar-refractivity contribution >= 4 is 11.8 Å². The molecule has 0 spiro atoms. The third-order valence-corrected chi connectivity index (χ3v) is 5.69. The Morgan fingerprint density at radius 1 is 1.18 bits per heavy atom. The van der Waals surface area contributed by atoms with Crippen LogP contribution in [0, 0.1) is 5.82 Å². The predicted octanol–water partition coefficient (Wildman–Crippen LogP) is 3.03. The van der Waals surface area contributed by atoms with Crippen molar-refractivity contribution in [3.05, 3.63) is 59.7 Å². The number of methoxy groups -OCH3 is 2. The van der Waals surface area contributed by atoms with Gasteiger partial charge in [0.1, 0.15) is 5.82 Å². The van der Waals surface area contributed by atoms with Crippen molar-refractivity contribution < 1.29 is 28.0 Å². The minimum Gasteiger partial charge on any atom is -0.493 e. The summed E-state index contributed by atoms with van der Waals surface area (Å²) in [6.07, 6.45) is 1.55. The van der Waals surface area contributed by atoms with Crippen molar-refractivity contribution in [1.82, 2.24) is 20.4 Å². The van der Waals surface area contributed by atoms with Crippen LogP contribution in [0.15, 0.2) is 47.0 Å². The van der Waals surface area contributed by atoms with Crippen LogP contribution in [0.5, 0.6) is 11.5 Å². The van der Waals surface area contributed by atoms with Gasteiger partial charge < -0.3 is 24.2 Å². The van der Waals surface area contributed by atoms with E-state index in [0.717, 1.165) is 12.8 Å². The SMILES string of the molecule is COc1ccc(C(=O)NCC(=O)N2CCCC(c3nc(-c4cccc(F)c4)no3)C2)cc1OC. The number of hydrogen-bond acceptors (Lipinski definition) is 7. The third-order valence-electron chi connectivity index (χ3n) is 5.69. The number of nitrogens with one attached hydrogen (secondary N) is 1. The Labute approximate surface area is 195 Å². The van der Waals surface area contributed by atoms with E-state index in [1.807, 2.05) is 0 Å². The molecule has 1 saturated heterocycles. The second-order valence-electron chi connectivity index (χ2n) is 7.90. The summed E-state index contributed by atoms with van der Waals surface area (Å²) < 4.78 is 29.3. The summed E-state index contributed by atoms with van der Waals surface area (Å²) in [5.41, 5.74) is 0.884. The number of benzene rings is 2. The number of piperidine rings is 1. The van der Waals surface area contributed by atoms with Crippen molar-refractivity contribution in [3.63, 3.8) is 0 Å². The minimum atomic E-state index is -0.389. The zero-order valence-electron chi connectivity index (χ0n) is 18.9. The van der Waals surface area contributed by atoms with Gasteiger partial charge in [-0.15, -0.1) is 0 Å². The smallest absolute Gasteiger partial charge is 0.251 e. The maximum Gasteiger partial charge on any atom is 0.251 e. The molecule has 0 bridgehead atoms. The van der Waals surface area contributed by atoms with Crippen LogP contribution in [-0.4, -0.2) is 60.7 Å². The summed E-state index contributed by atoms with van der Waals surface area (Å²) in [4.78, 5) is 31.4. The molecule has 2 heterocycles. The average Bonchev–Trinajstić information content (AvgIpc) is 3.37. The fraction of sp³-hybridized carbons (Fsp3) is 0.333. The fourth-order valence-electron chi connectivity index (χ4n) is 3.90. The molecule has 1 N–H and O–H groups in total. The van der Waals surface area contributed by atoms with Crippen molar-refractivity contribution in [2.24, 2.45) is 0 Å². The van der Waals surface area contributed by atoms with Gasteiger partial charge in [-0.05, 0) is 43.2 Å². The normalized spacial score (nSPS) is 15.6. The number of carbonyl (C=O) groups excluding carboxylic acids is 2. The number of amides is 2. The van der Waals surface area contributed by atoms with E-state index in [1.54, 1.807) is 35.2 Å². The number of nitrogens with zero attached hydrogens (tertiary/aromatic N) is 3. The molecule has 0 aliphatic carbocycles. The van der Waals surface area contributed by atoms with E-state index in [2.05, 4.69) is 15.5 Å². The van der Waals surface area contributed by atoms with E-state index in [1.165, 1.54) is 26.4 Å². The highest BCUT2D eigenvalue weighted by atomic mass is 19.1. The Bertz CT molecular complexity index is 1180. The summed E-state index contributed by atoms with van der Waals surface area (Å²) in [7, 11) is 3.00. The van der Waals surface area contributed by atoms with Crippen LogP contribution in [0.3, 0.4) is 0 Å². The molecule has 3 aromatic rings. The highest BCUT2D eigenvalue weighted by molar-refractivity contribution is 5.97. The molecule has 1 unspecified atom stereocenters. The van der Waals surface area contributed by atoms with Gasteiger partial charge in [0.25, 0.3) is 5.91 Å². The molecule has 1 aliphatic heterocycles. The monoisotopic (exact) mass is 468 g/mol. The quantitative estimate of drug-likeness (QED) is 0.568. The van der Waals surface area contributed by atoms with Gasteiger partial charge in [-0.25, -0.2) is 4.39 Å². The molecule has 1 aliphatic rings. The Kier molecular flexibility index (Phi) is 7.05. The predicted molar refractivity (Wildman–Crippen MR) is 120 cm³/mol. The van der Waals surface area contributed by atoms with E-state index in [0.29, 0.717) is 47.4 Å². The lowest BCUT2D eigenvalue weighted by molar-refractivity contribution is -0.131. The van der Waals surface area contributed by atoms with Crippen molar-refractivity contribution in [1.29, 1.82) is 0 Å². The molecule has 0 radical (unpaired) electrons. The van der Waals surface area contributed by atoms with Crippen LogP contribution >= 0.6 is 0 Å². The largest absolute Gasteiger partial charge is 0.493 e. The summed E-state index contributed by atoms with van der Waals surface area (Å²) >= 11 is 0. The van der Waals surface area contributed by atoms with Gasteiger partial charge >= 0.3 is 0 Å². The van der Waals surface area contributed by atoms with Gasteiger partial charge in [-0.1, -0.05) is 17.3 Å². The molecule has 2 amide bonds. The summed E-state index contributed by atoms with van der Waals surface area (Å²) in [6.45, 7) is 0.834. The van der Waals surface area contributed by atoms with Crippen LogP contribution in [0.4, 0.5) is 4.39 Å². The first-order valence-electron chi connectivity index (χ1n) is 10.9. The van der Waals surface area contributed by atoms with E-state index in [9.17, 15) is 14.0 Å². The Morgan fingerprint density at radius 3 is 2.76 bits per heavy atom. The van der Waals surface area contributed by atoms with Crippen LogP contribution in [0.1, 0.15) is 35.0 Å². The molecule has 178 valence electrons. The molecule has 34 heavy (non-hydrogen) atoms. The first-order chi connectivity index (χ1) is 16.5.